The molecule has 0 unspecified atom stereocenters. The summed E-state index contributed by atoms with van der Waals surface area (Å²) in [5, 5.41) is 13.3. The molecule has 3 aromatic rings. The number of aryl methyl sites for hydroxylation is 2. The number of rotatable bonds is 2. The summed E-state index contributed by atoms with van der Waals surface area (Å²) < 4.78 is 4.02. The summed E-state index contributed by atoms with van der Waals surface area (Å²) in [4.78, 5) is 15.2. The normalized spacial score (nSPS) is 16.7. The Morgan fingerprint density at radius 2 is 1.76 bits per heavy atom. The predicted octanol–water partition coefficient (Wildman–Crippen LogP) is 2.65. The van der Waals surface area contributed by atoms with E-state index < -0.39 is 0 Å². The molecule has 0 saturated carbocycles. The van der Waals surface area contributed by atoms with Crippen molar-refractivity contribution in [1.29, 1.82) is 0 Å². The zero-order chi connectivity index (χ0) is 19.8. The van der Waals surface area contributed by atoms with E-state index in [9.17, 15) is 4.79 Å². The lowest BCUT2D eigenvalue weighted by atomic mass is 10.0. The minimum Gasteiger partial charge on any atom is -0.335 e. The van der Waals surface area contributed by atoms with Gasteiger partial charge < -0.3 is 9.47 Å². The highest BCUT2D eigenvalue weighted by molar-refractivity contribution is 5.91. The number of nitrogens with zero attached hydrogens (tertiary/aromatic N) is 6. The van der Waals surface area contributed by atoms with Crippen LogP contribution >= 0.6 is 0 Å². The first-order valence-corrected chi connectivity index (χ1v) is 10.5. The molecule has 1 aromatic carbocycles. The van der Waals surface area contributed by atoms with Gasteiger partial charge >= 0.3 is 0 Å². The minimum absolute atomic E-state index is 0.00133. The molecule has 0 fully saturated rings. The van der Waals surface area contributed by atoms with E-state index in [1.54, 1.807) is 0 Å². The Morgan fingerprint density at radius 3 is 2.62 bits per heavy atom. The maximum absolute atomic E-state index is 13.3. The van der Waals surface area contributed by atoms with Crippen molar-refractivity contribution in [2.75, 3.05) is 13.1 Å². The quantitative estimate of drug-likeness (QED) is 0.675. The van der Waals surface area contributed by atoms with E-state index in [2.05, 4.69) is 34.5 Å². The molecule has 0 N–H and O–H groups in total. The molecule has 7 heteroatoms. The molecule has 0 radical (unpaired) electrons. The fourth-order valence-corrected chi connectivity index (χ4v) is 4.63. The molecular weight excluding hydrogens is 364 g/mol. The Hall–Kier alpha value is -2.96. The number of benzene rings is 1. The van der Waals surface area contributed by atoms with Crippen molar-refractivity contribution >= 4 is 5.91 Å². The molecule has 4 heterocycles. The maximum atomic E-state index is 13.3. The van der Waals surface area contributed by atoms with E-state index in [4.69, 9.17) is 5.10 Å². The molecule has 5 rings (SSSR count). The van der Waals surface area contributed by atoms with Gasteiger partial charge in [0.1, 0.15) is 5.82 Å². The van der Waals surface area contributed by atoms with E-state index in [0.29, 0.717) is 18.9 Å². The second kappa shape index (κ2) is 7.46. The van der Waals surface area contributed by atoms with Crippen LogP contribution in [0.5, 0.6) is 0 Å². The number of carbonyl (C=O) groups is 1. The number of carbonyl (C=O) groups excluding carboxylic acids is 1. The molecule has 2 aliphatic rings. The van der Waals surface area contributed by atoms with Crippen LogP contribution in [-0.2, 0) is 32.9 Å². The standard InChI is InChI=1S/C22H26N6O/c1-26-20(16-8-4-2-5-9-16)17-11-14-27(15-12-18(17)25-26)22(29)21-24-23-19-10-6-3-7-13-28(19)21/h2,4-5,8-9H,3,6-7,10-15H2,1H3. The summed E-state index contributed by atoms with van der Waals surface area (Å²) in [7, 11) is 2.01. The van der Waals surface area contributed by atoms with Crippen molar-refractivity contribution in [3.8, 4) is 11.3 Å². The number of hydrogen-bond acceptors (Lipinski definition) is 4. The van der Waals surface area contributed by atoms with Gasteiger partial charge in [-0.25, -0.2) is 0 Å². The van der Waals surface area contributed by atoms with Gasteiger partial charge in [-0.05, 0) is 19.3 Å². The average Bonchev–Trinajstić information content (AvgIpc) is 3.09. The van der Waals surface area contributed by atoms with Gasteiger partial charge in [0.25, 0.3) is 5.91 Å². The van der Waals surface area contributed by atoms with E-state index in [1.165, 1.54) is 17.5 Å². The van der Waals surface area contributed by atoms with E-state index in [0.717, 1.165) is 55.9 Å². The molecule has 150 valence electrons. The van der Waals surface area contributed by atoms with Gasteiger partial charge in [0.05, 0.1) is 11.4 Å². The van der Waals surface area contributed by atoms with Crippen LogP contribution < -0.4 is 0 Å². The minimum atomic E-state index is 0.00133. The van der Waals surface area contributed by atoms with E-state index >= 15 is 0 Å². The Bertz CT molecular complexity index is 1040. The summed E-state index contributed by atoms with van der Waals surface area (Å²) in [5.74, 6) is 1.46. The largest absolute Gasteiger partial charge is 0.335 e. The first-order valence-electron chi connectivity index (χ1n) is 10.5. The zero-order valence-electron chi connectivity index (χ0n) is 16.8. The molecule has 0 bridgehead atoms. The zero-order valence-corrected chi connectivity index (χ0v) is 16.8. The van der Waals surface area contributed by atoms with Gasteiger partial charge in [-0.15, -0.1) is 10.2 Å². The molecule has 7 nitrogen and oxygen atoms in total. The summed E-state index contributed by atoms with van der Waals surface area (Å²) in [6, 6.07) is 10.4. The molecule has 29 heavy (non-hydrogen) atoms. The second-order valence-electron chi connectivity index (χ2n) is 7.96. The third-order valence-electron chi connectivity index (χ3n) is 6.11. The van der Waals surface area contributed by atoms with Crippen molar-refractivity contribution < 1.29 is 4.79 Å². The molecule has 0 atom stereocenters. The fourth-order valence-electron chi connectivity index (χ4n) is 4.63. The highest BCUT2D eigenvalue weighted by Gasteiger charge is 2.28. The first-order chi connectivity index (χ1) is 14.2. The van der Waals surface area contributed by atoms with Crippen LogP contribution in [0.15, 0.2) is 30.3 Å². The Kier molecular flexibility index (Phi) is 4.66. The highest BCUT2D eigenvalue weighted by Crippen LogP contribution is 2.28. The summed E-state index contributed by atoms with van der Waals surface area (Å²) >= 11 is 0. The first kappa shape index (κ1) is 18.1. The SMILES string of the molecule is Cn1nc2c(c1-c1ccccc1)CCN(C(=O)c1nnc3n1CCCCC3)CC2. The Balaban J connectivity index is 1.40. The van der Waals surface area contributed by atoms with Gasteiger partial charge in [0.15, 0.2) is 0 Å². The predicted molar refractivity (Wildman–Crippen MR) is 110 cm³/mol. The summed E-state index contributed by atoms with van der Waals surface area (Å²) in [5.41, 5.74) is 4.69. The Morgan fingerprint density at radius 1 is 0.931 bits per heavy atom. The van der Waals surface area contributed by atoms with Gasteiger partial charge in [-0.3, -0.25) is 9.48 Å². The van der Waals surface area contributed by atoms with Crippen LogP contribution in [0, 0.1) is 0 Å². The van der Waals surface area contributed by atoms with Gasteiger partial charge in [0.2, 0.25) is 5.82 Å². The van der Waals surface area contributed by atoms with Crippen LogP contribution in [0.2, 0.25) is 0 Å². The van der Waals surface area contributed by atoms with Crippen LogP contribution in [0.4, 0.5) is 0 Å². The maximum Gasteiger partial charge on any atom is 0.291 e. The lowest BCUT2D eigenvalue weighted by Gasteiger charge is -2.20. The van der Waals surface area contributed by atoms with Crippen LogP contribution in [0.3, 0.4) is 0 Å². The average molecular weight is 390 g/mol. The van der Waals surface area contributed by atoms with Gasteiger partial charge in [-0.1, -0.05) is 36.8 Å². The fraction of sp³-hybridized carbons (Fsp3) is 0.455. The third-order valence-corrected chi connectivity index (χ3v) is 6.11. The molecule has 2 aliphatic heterocycles. The van der Waals surface area contributed by atoms with Crippen LogP contribution in [-0.4, -0.2) is 48.4 Å². The number of amides is 1. The van der Waals surface area contributed by atoms with Crippen molar-refractivity contribution in [1.82, 2.24) is 29.4 Å². The van der Waals surface area contributed by atoms with Crippen molar-refractivity contribution in [3.63, 3.8) is 0 Å². The van der Waals surface area contributed by atoms with Crippen LogP contribution in [0.1, 0.15) is 47.0 Å². The number of fused-ring (bicyclic) bond motifs is 2. The lowest BCUT2D eigenvalue weighted by Crippen LogP contribution is -2.35. The topological polar surface area (TPSA) is 68.8 Å². The van der Waals surface area contributed by atoms with E-state index in [1.807, 2.05) is 27.3 Å². The smallest absolute Gasteiger partial charge is 0.291 e. The Labute approximate surface area is 170 Å². The van der Waals surface area contributed by atoms with Crippen LogP contribution in [0.25, 0.3) is 11.3 Å². The van der Waals surface area contributed by atoms with Crippen molar-refractivity contribution in [2.45, 2.75) is 45.1 Å². The summed E-state index contributed by atoms with van der Waals surface area (Å²) in [6.45, 7) is 2.19. The lowest BCUT2D eigenvalue weighted by molar-refractivity contribution is 0.0744. The number of hydrogen-bond donors (Lipinski definition) is 0. The number of aromatic nitrogens is 5. The monoisotopic (exact) mass is 390 g/mol. The molecule has 0 spiro atoms. The molecule has 0 saturated heterocycles. The third kappa shape index (κ3) is 3.24. The van der Waals surface area contributed by atoms with Crippen molar-refractivity contribution in [2.24, 2.45) is 7.05 Å². The molecule has 1 amide bonds. The van der Waals surface area contributed by atoms with E-state index in [-0.39, 0.29) is 5.91 Å². The van der Waals surface area contributed by atoms with Gasteiger partial charge in [-0.2, -0.15) is 5.10 Å². The van der Waals surface area contributed by atoms with Gasteiger partial charge in [0, 0.05) is 50.7 Å². The second-order valence-corrected chi connectivity index (χ2v) is 7.96. The summed E-state index contributed by atoms with van der Waals surface area (Å²) in [6.07, 6.45) is 5.88. The molecule has 0 aliphatic carbocycles. The molecule has 2 aromatic heterocycles. The highest BCUT2D eigenvalue weighted by atomic mass is 16.2. The van der Waals surface area contributed by atoms with Crippen molar-refractivity contribution in [3.05, 3.63) is 53.2 Å². The molecular formula is C22H26N6O.